The Morgan fingerprint density at radius 3 is 2.23 bits per heavy atom. The van der Waals surface area contributed by atoms with Crippen LogP contribution in [0.4, 0.5) is 10.5 Å². The number of benzene rings is 2. The van der Waals surface area contributed by atoms with Gasteiger partial charge in [-0.15, -0.1) is 12.8 Å². The van der Waals surface area contributed by atoms with Crippen molar-refractivity contribution in [1.82, 2.24) is 9.62 Å². The lowest BCUT2D eigenvalue weighted by Gasteiger charge is -2.24. The molecule has 0 bridgehead atoms. The Kier molecular flexibility index (Phi) is 20.0. The maximum Gasteiger partial charge on any atom is 0.407 e. The summed E-state index contributed by atoms with van der Waals surface area (Å²) in [4.78, 5) is 29.0. The van der Waals surface area contributed by atoms with Crippen LogP contribution >= 0.6 is 7.60 Å². The minimum atomic E-state index is -4.07. The topological polar surface area (TPSA) is 178 Å². The number of rotatable bonds is 12. The van der Waals surface area contributed by atoms with Crippen molar-refractivity contribution < 1.29 is 41.8 Å². The van der Waals surface area contributed by atoms with Crippen LogP contribution in [0.25, 0.3) is 0 Å². The molecule has 12 nitrogen and oxygen atoms in total. The maximum atomic E-state index is 12.9. The quantitative estimate of drug-likeness (QED) is 0.109. The molecule has 1 saturated heterocycles. The van der Waals surface area contributed by atoms with E-state index in [2.05, 4.69) is 18.2 Å². The fourth-order valence-electron chi connectivity index (χ4n) is 3.54. The number of nitrogens with zero attached hydrogens (tertiary/aromatic N) is 1. The Balaban J connectivity index is 0.000000909. The number of hydrogen-bond donors (Lipinski definition) is 4. The van der Waals surface area contributed by atoms with Gasteiger partial charge < -0.3 is 35.0 Å². The lowest BCUT2D eigenvalue weighted by atomic mass is 10.2. The molecule has 3 rings (SSSR count). The van der Waals surface area contributed by atoms with Crippen molar-refractivity contribution in [3.63, 3.8) is 0 Å². The molecule has 248 valence electrons. The van der Waals surface area contributed by atoms with Gasteiger partial charge in [-0.05, 0) is 55.7 Å². The first kappa shape index (κ1) is 40.9. The van der Waals surface area contributed by atoms with Crippen LogP contribution in [-0.2, 0) is 24.1 Å². The summed E-state index contributed by atoms with van der Waals surface area (Å²) in [7, 11) is -7.68. The van der Waals surface area contributed by atoms with Gasteiger partial charge in [0, 0.05) is 31.7 Å². The highest BCUT2D eigenvalue weighted by atomic mass is 32.2. The zero-order valence-corrected chi connectivity index (χ0v) is 27.9. The predicted octanol–water partition coefficient (Wildman–Crippen LogP) is 4.61. The molecule has 0 spiro atoms. The van der Waals surface area contributed by atoms with Crippen molar-refractivity contribution in [2.75, 3.05) is 44.9 Å². The second-order valence-electron chi connectivity index (χ2n) is 9.75. The summed E-state index contributed by atoms with van der Waals surface area (Å²) in [6, 6.07) is 13.1. The number of anilines is 1. The van der Waals surface area contributed by atoms with Crippen LogP contribution in [0, 0.1) is 25.7 Å². The monoisotopic (exact) mass is 657 g/mol. The number of sulfonamides is 1. The third-order valence-corrected chi connectivity index (χ3v) is 7.87. The summed E-state index contributed by atoms with van der Waals surface area (Å²) in [5.74, 6) is 0.641. The number of ether oxygens (including phenoxy) is 3. The van der Waals surface area contributed by atoms with Crippen LogP contribution in [0.5, 0.6) is 5.75 Å². The molecular weight excluding hydrogens is 609 g/mol. The largest absolute Gasteiger partial charge is 0.481 e. The van der Waals surface area contributed by atoms with Gasteiger partial charge in [0.05, 0.1) is 18.1 Å². The molecule has 1 fully saturated rings. The van der Waals surface area contributed by atoms with Crippen LogP contribution in [0.2, 0.25) is 0 Å². The van der Waals surface area contributed by atoms with E-state index in [-0.39, 0.29) is 16.9 Å². The van der Waals surface area contributed by atoms with Crippen LogP contribution in [-0.4, -0.2) is 73.9 Å². The SMILES string of the molecule is C#C.CC.CC(C)CN(CCCNC(=O)O[C@H]1CCOC1)S(=O)(=O)c1ccc(N)cc1.Cc1ccc(OCP(=O)(O)O)cc1. The third-order valence-electron chi connectivity index (χ3n) is 5.52. The van der Waals surface area contributed by atoms with E-state index in [9.17, 15) is 17.8 Å². The van der Waals surface area contributed by atoms with E-state index in [1.807, 2.05) is 46.8 Å². The molecule has 0 unspecified atom stereocenters. The molecule has 2 aromatic rings. The molecule has 14 heteroatoms. The van der Waals surface area contributed by atoms with Crippen molar-refractivity contribution in [2.24, 2.45) is 5.92 Å². The van der Waals surface area contributed by atoms with Gasteiger partial charge in [0.25, 0.3) is 0 Å². The molecule has 0 aromatic heterocycles. The van der Waals surface area contributed by atoms with Gasteiger partial charge in [0.1, 0.15) is 11.9 Å². The first-order chi connectivity index (χ1) is 20.8. The van der Waals surface area contributed by atoms with E-state index in [0.29, 0.717) is 57.1 Å². The number of nitrogens with two attached hydrogens (primary N) is 1. The fourth-order valence-corrected chi connectivity index (χ4v) is 5.50. The number of carbonyl (C=O) groups excluding carboxylic acids is 1. The molecule has 1 aliphatic heterocycles. The molecule has 1 aliphatic rings. The van der Waals surface area contributed by atoms with Gasteiger partial charge in [-0.3, -0.25) is 4.57 Å². The van der Waals surface area contributed by atoms with E-state index >= 15 is 0 Å². The molecule has 0 radical (unpaired) electrons. The summed E-state index contributed by atoms with van der Waals surface area (Å²) in [6.07, 6.45) is 7.92. The minimum absolute atomic E-state index is 0.175. The molecule has 44 heavy (non-hydrogen) atoms. The molecule has 1 heterocycles. The number of hydrogen-bond acceptors (Lipinski definition) is 8. The molecule has 0 saturated carbocycles. The lowest BCUT2D eigenvalue weighted by Crippen LogP contribution is -2.37. The van der Waals surface area contributed by atoms with Crippen molar-refractivity contribution in [3.05, 3.63) is 54.1 Å². The van der Waals surface area contributed by atoms with Gasteiger partial charge in [0.2, 0.25) is 10.0 Å². The van der Waals surface area contributed by atoms with Gasteiger partial charge in [0.15, 0.2) is 6.35 Å². The highest BCUT2D eigenvalue weighted by Crippen LogP contribution is 2.34. The van der Waals surface area contributed by atoms with E-state index in [0.717, 1.165) is 5.56 Å². The molecule has 1 amide bonds. The molecular formula is C30H48N3O9PS. The third kappa shape index (κ3) is 17.3. The lowest BCUT2D eigenvalue weighted by molar-refractivity contribution is 0.0831. The number of aryl methyl sites for hydroxylation is 1. The first-order valence-electron chi connectivity index (χ1n) is 14.2. The zero-order chi connectivity index (χ0) is 33.8. The highest BCUT2D eigenvalue weighted by Gasteiger charge is 2.25. The molecule has 2 aromatic carbocycles. The Labute approximate surface area is 262 Å². The summed E-state index contributed by atoms with van der Waals surface area (Å²) >= 11 is 0. The van der Waals surface area contributed by atoms with Gasteiger partial charge in [-0.1, -0.05) is 45.4 Å². The summed E-state index contributed by atoms with van der Waals surface area (Å²) in [6.45, 7) is 11.9. The van der Waals surface area contributed by atoms with Crippen LogP contribution in [0.15, 0.2) is 53.4 Å². The van der Waals surface area contributed by atoms with Crippen molar-refractivity contribution in [2.45, 2.75) is 58.5 Å². The fraction of sp³-hybridized carbons (Fsp3) is 0.500. The van der Waals surface area contributed by atoms with Crippen LogP contribution in [0.1, 0.15) is 46.1 Å². The van der Waals surface area contributed by atoms with Crippen molar-refractivity contribution >= 4 is 29.4 Å². The molecule has 1 atom stereocenters. The van der Waals surface area contributed by atoms with Crippen molar-refractivity contribution in [1.29, 1.82) is 0 Å². The minimum Gasteiger partial charge on any atom is -0.481 e. The second-order valence-corrected chi connectivity index (χ2v) is 13.3. The Morgan fingerprint density at radius 2 is 1.73 bits per heavy atom. The highest BCUT2D eigenvalue weighted by molar-refractivity contribution is 7.89. The smallest absolute Gasteiger partial charge is 0.407 e. The zero-order valence-electron chi connectivity index (χ0n) is 26.2. The number of nitrogen functional groups attached to an aromatic ring is 1. The number of amides is 1. The molecule has 5 N–H and O–H groups in total. The van der Waals surface area contributed by atoms with Gasteiger partial charge in [-0.25, -0.2) is 13.2 Å². The average molecular weight is 658 g/mol. The van der Waals surface area contributed by atoms with E-state index < -0.39 is 30.1 Å². The summed E-state index contributed by atoms with van der Waals surface area (Å²) in [5.41, 5.74) is 7.23. The summed E-state index contributed by atoms with van der Waals surface area (Å²) in [5, 5.41) is 2.66. The number of alkyl carbamates (subject to hydrolysis) is 1. The first-order valence-corrected chi connectivity index (χ1v) is 17.5. The van der Waals surface area contributed by atoms with Crippen LogP contribution < -0.4 is 15.8 Å². The standard InChI is InChI=1S/C18H29N3O5S.C8H11O4P.C2H6.C2H2/c1-14(2)12-21(27(23,24)17-6-4-15(19)5-7-17)10-3-9-20-18(22)26-16-8-11-25-13-16;1-7-2-4-8(5-3-7)12-6-13(9,10)11;2*1-2/h4-7,14,16H,3,8-13,19H2,1-2H3,(H,20,22);2-5H,6H2,1H3,(H2,9,10,11);1-2H3;1-2H/t16-;;;/m0.../s1. The maximum absolute atomic E-state index is 12.9. The van der Waals surface area contributed by atoms with E-state index in [4.69, 9.17) is 29.7 Å². The molecule has 0 aliphatic carbocycles. The average Bonchev–Trinajstić information content (AvgIpc) is 3.49. The Bertz CT molecular complexity index is 1240. The Morgan fingerprint density at radius 1 is 1.14 bits per heavy atom. The second kappa shape index (κ2) is 21.6. The summed E-state index contributed by atoms with van der Waals surface area (Å²) < 4.78 is 52.9. The number of nitrogens with one attached hydrogen (secondary N) is 1. The van der Waals surface area contributed by atoms with Gasteiger partial charge in [-0.2, -0.15) is 4.31 Å². The Hall–Kier alpha value is -3.11. The van der Waals surface area contributed by atoms with Crippen LogP contribution in [0.3, 0.4) is 0 Å². The van der Waals surface area contributed by atoms with Gasteiger partial charge >= 0.3 is 13.7 Å². The normalized spacial score (nSPS) is 14.2. The van der Waals surface area contributed by atoms with E-state index in [1.165, 1.54) is 16.4 Å². The predicted molar refractivity (Wildman–Crippen MR) is 173 cm³/mol. The van der Waals surface area contributed by atoms with Crippen molar-refractivity contribution in [3.8, 4) is 18.6 Å². The number of terminal acetylenes is 1. The van der Waals surface area contributed by atoms with E-state index in [1.54, 1.807) is 24.3 Å². The number of carbonyl (C=O) groups is 1.